The molecule has 7 heteroatoms. The number of amides is 1. The molecule has 0 bridgehead atoms. The maximum Gasteiger partial charge on any atom is 0.263 e. The summed E-state index contributed by atoms with van der Waals surface area (Å²) in [6.07, 6.45) is 0. The van der Waals surface area contributed by atoms with Crippen molar-refractivity contribution >= 4 is 32.6 Å². The number of hydrogen-bond acceptors (Lipinski definition) is 4. The molecule has 3 aromatic rings. The van der Waals surface area contributed by atoms with E-state index in [1.807, 2.05) is 19.0 Å². The molecule has 0 saturated heterocycles. The van der Waals surface area contributed by atoms with Crippen molar-refractivity contribution in [3.63, 3.8) is 0 Å². The van der Waals surface area contributed by atoms with Crippen LogP contribution >= 0.6 is 11.3 Å². The predicted molar refractivity (Wildman–Crippen MR) is 96.2 cm³/mol. The first-order valence-corrected chi connectivity index (χ1v) is 8.54. The minimum atomic E-state index is -0.575. The molecule has 3 rings (SSSR count). The van der Waals surface area contributed by atoms with Crippen LogP contribution in [-0.4, -0.2) is 43.0 Å². The molecule has 0 fully saturated rings. The van der Waals surface area contributed by atoms with Gasteiger partial charge in [-0.2, -0.15) is 0 Å². The molecule has 25 heavy (non-hydrogen) atoms. The Morgan fingerprint density at radius 1 is 1.12 bits per heavy atom. The lowest BCUT2D eigenvalue weighted by molar-refractivity contribution is 0.0981. The number of benzene rings is 2. The number of carbonyl (C=O) groups is 1. The highest BCUT2D eigenvalue weighted by atomic mass is 32.1. The minimum absolute atomic E-state index is 0.00769. The molecule has 0 aliphatic heterocycles. The van der Waals surface area contributed by atoms with E-state index < -0.39 is 11.7 Å². The van der Waals surface area contributed by atoms with Gasteiger partial charge in [-0.05, 0) is 44.4 Å². The quantitative estimate of drug-likeness (QED) is 0.694. The summed E-state index contributed by atoms with van der Waals surface area (Å²) in [4.78, 5) is 20.7. The Balaban J connectivity index is 2.01. The summed E-state index contributed by atoms with van der Waals surface area (Å²) in [5, 5.41) is 0.427. The first kappa shape index (κ1) is 17.4. The Morgan fingerprint density at radius 2 is 1.88 bits per heavy atom. The highest BCUT2D eigenvalue weighted by Crippen LogP contribution is 2.30. The second-order valence-electron chi connectivity index (χ2n) is 5.85. The summed E-state index contributed by atoms with van der Waals surface area (Å²) in [6.45, 7) is 0.937. The first-order chi connectivity index (χ1) is 12.0. The second-order valence-corrected chi connectivity index (χ2v) is 6.86. The van der Waals surface area contributed by atoms with Gasteiger partial charge in [-0.1, -0.05) is 23.5 Å². The molecule has 1 aromatic heterocycles. The fraction of sp³-hybridized carbons (Fsp3) is 0.222. The first-order valence-electron chi connectivity index (χ1n) is 7.73. The van der Waals surface area contributed by atoms with Gasteiger partial charge in [0.1, 0.15) is 11.6 Å². The SMILES string of the molecule is CN(C)CCN(C(=O)c1ccccc1F)c1nc2ccc(F)cc2s1. The Hall–Kier alpha value is -2.38. The maximum absolute atomic E-state index is 14.0. The minimum Gasteiger partial charge on any atom is -0.308 e. The van der Waals surface area contributed by atoms with E-state index in [0.29, 0.717) is 28.4 Å². The lowest BCUT2D eigenvalue weighted by Crippen LogP contribution is -2.37. The monoisotopic (exact) mass is 361 g/mol. The lowest BCUT2D eigenvalue weighted by Gasteiger charge is -2.22. The van der Waals surface area contributed by atoms with Crippen molar-refractivity contribution < 1.29 is 13.6 Å². The zero-order valence-corrected chi connectivity index (χ0v) is 14.7. The molecule has 0 spiro atoms. The van der Waals surface area contributed by atoms with Crippen LogP contribution in [0.5, 0.6) is 0 Å². The lowest BCUT2D eigenvalue weighted by atomic mass is 10.2. The van der Waals surface area contributed by atoms with E-state index in [4.69, 9.17) is 0 Å². The Morgan fingerprint density at radius 3 is 2.60 bits per heavy atom. The molecule has 0 aliphatic carbocycles. The van der Waals surface area contributed by atoms with Crippen molar-refractivity contribution in [2.24, 2.45) is 0 Å². The number of likely N-dealkylation sites (N-methyl/N-ethyl adjacent to an activating group) is 1. The number of aromatic nitrogens is 1. The summed E-state index contributed by atoms with van der Waals surface area (Å²) in [7, 11) is 3.78. The van der Waals surface area contributed by atoms with E-state index in [-0.39, 0.29) is 11.4 Å². The summed E-state index contributed by atoms with van der Waals surface area (Å²) < 4.78 is 28.1. The zero-order valence-electron chi connectivity index (χ0n) is 13.9. The van der Waals surface area contributed by atoms with Crippen LogP contribution < -0.4 is 4.90 Å². The number of thiazole rings is 1. The average molecular weight is 361 g/mol. The summed E-state index contributed by atoms with van der Waals surface area (Å²) in [5.74, 6) is -1.39. The summed E-state index contributed by atoms with van der Waals surface area (Å²) in [6, 6.07) is 10.1. The molecule has 4 nitrogen and oxygen atoms in total. The van der Waals surface area contributed by atoms with Gasteiger partial charge in [-0.15, -0.1) is 0 Å². The molecule has 2 aromatic carbocycles. The molecular formula is C18H17F2N3OS. The Kier molecular flexibility index (Phi) is 5.06. The van der Waals surface area contributed by atoms with Crippen LogP contribution in [0.25, 0.3) is 10.2 Å². The third kappa shape index (κ3) is 3.83. The van der Waals surface area contributed by atoms with Gasteiger partial charge >= 0.3 is 0 Å². The molecule has 0 aliphatic rings. The second kappa shape index (κ2) is 7.25. The van der Waals surface area contributed by atoms with Crippen LogP contribution in [0.1, 0.15) is 10.4 Å². The molecule has 0 unspecified atom stereocenters. The average Bonchev–Trinajstić information content (AvgIpc) is 2.97. The van der Waals surface area contributed by atoms with Crippen molar-refractivity contribution in [2.75, 3.05) is 32.1 Å². The molecule has 0 N–H and O–H groups in total. The summed E-state index contributed by atoms with van der Waals surface area (Å²) in [5.41, 5.74) is 0.601. The van der Waals surface area contributed by atoms with Crippen molar-refractivity contribution in [2.45, 2.75) is 0 Å². The highest BCUT2D eigenvalue weighted by molar-refractivity contribution is 7.22. The topological polar surface area (TPSA) is 36.4 Å². The van der Waals surface area contributed by atoms with E-state index in [1.165, 1.54) is 46.6 Å². The van der Waals surface area contributed by atoms with Crippen LogP contribution in [0.4, 0.5) is 13.9 Å². The number of halogens is 2. The highest BCUT2D eigenvalue weighted by Gasteiger charge is 2.23. The van der Waals surface area contributed by atoms with Crippen molar-refractivity contribution in [3.05, 3.63) is 59.7 Å². The fourth-order valence-electron chi connectivity index (χ4n) is 2.37. The van der Waals surface area contributed by atoms with Gasteiger partial charge in [0.05, 0.1) is 15.8 Å². The van der Waals surface area contributed by atoms with E-state index in [1.54, 1.807) is 12.1 Å². The number of carbonyl (C=O) groups excluding carboxylic acids is 1. The fourth-order valence-corrected chi connectivity index (χ4v) is 3.38. The maximum atomic E-state index is 14.0. The van der Waals surface area contributed by atoms with Crippen molar-refractivity contribution in [1.82, 2.24) is 9.88 Å². The normalized spacial score (nSPS) is 11.2. The number of fused-ring (bicyclic) bond motifs is 1. The van der Waals surface area contributed by atoms with E-state index in [0.717, 1.165) is 0 Å². The smallest absolute Gasteiger partial charge is 0.263 e. The predicted octanol–water partition coefficient (Wildman–Crippen LogP) is 3.78. The third-order valence-corrected chi connectivity index (χ3v) is 4.73. The van der Waals surface area contributed by atoms with Crippen molar-refractivity contribution in [1.29, 1.82) is 0 Å². The molecular weight excluding hydrogens is 344 g/mol. The third-order valence-electron chi connectivity index (χ3n) is 3.69. The Labute approximate surface area is 148 Å². The zero-order chi connectivity index (χ0) is 18.0. The number of hydrogen-bond donors (Lipinski definition) is 0. The van der Waals surface area contributed by atoms with Gasteiger partial charge in [0.25, 0.3) is 5.91 Å². The molecule has 0 saturated carbocycles. The number of nitrogens with zero attached hydrogens (tertiary/aromatic N) is 3. The molecule has 0 radical (unpaired) electrons. The van der Waals surface area contributed by atoms with Crippen molar-refractivity contribution in [3.8, 4) is 0 Å². The van der Waals surface area contributed by atoms with Gasteiger partial charge in [0, 0.05) is 13.1 Å². The van der Waals surface area contributed by atoms with Gasteiger partial charge in [0.2, 0.25) is 0 Å². The van der Waals surface area contributed by atoms with Crippen LogP contribution in [-0.2, 0) is 0 Å². The largest absolute Gasteiger partial charge is 0.308 e. The van der Waals surface area contributed by atoms with Gasteiger partial charge in [-0.25, -0.2) is 13.8 Å². The molecule has 1 heterocycles. The number of rotatable bonds is 5. The Bertz CT molecular complexity index is 910. The molecule has 1 amide bonds. The standard InChI is InChI=1S/C18H17F2N3OS/c1-22(2)9-10-23(17(24)13-5-3-4-6-14(13)20)18-21-15-8-7-12(19)11-16(15)25-18/h3-8,11H,9-10H2,1-2H3. The molecule has 130 valence electrons. The van der Waals surface area contributed by atoms with Gasteiger partial charge in [0.15, 0.2) is 5.13 Å². The summed E-state index contributed by atoms with van der Waals surface area (Å²) >= 11 is 1.21. The van der Waals surface area contributed by atoms with E-state index in [9.17, 15) is 13.6 Å². The van der Waals surface area contributed by atoms with Crippen LogP contribution in [0.2, 0.25) is 0 Å². The number of anilines is 1. The molecule has 0 atom stereocenters. The van der Waals surface area contributed by atoms with Gasteiger partial charge in [-0.3, -0.25) is 9.69 Å². The van der Waals surface area contributed by atoms with E-state index >= 15 is 0 Å². The van der Waals surface area contributed by atoms with Gasteiger partial charge < -0.3 is 4.90 Å². The van der Waals surface area contributed by atoms with E-state index in [2.05, 4.69) is 4.98 Å². The van der Waals surface area contributed by atoms with Crippen LogP contribution in [0, 0.1) is 11.6 Å². The van der Waals surface area contributed by atoms with Crippen LogP contribution in [0.3, 0.4) is 0 Å². The van der Waals surface area contributed by atoms with Crippen LogP contribution in [0.15, 0.2) is 42.5 Å².